The molecule has 0 bridgehead atoms. The van der Waals surface area contributed by atoms with Crippen molar-refractivity contribution in [1.29, 1.82) is 0 Å². The molecule has 0 saturated heterocycles. The van der Waals surface area contributed by atoms with Crippen LogP contribution >= 0.6 is 0 Å². The summed E-state index contributed by atoms with van der Waals surface area (Å²) in [6, 6.07) is 16.8. The SMILES string of the molecule is COc1ccc(CN(C)C(=O)CCNS(=O)(=O)c2ccc3ccccc3c2)cc1F. The number of carbonyl (C=O) groups is 1. The summed E-state index contributed by atoms with van der Waals surface area (Å²) in [5.74, 6) is -0.623. The molecule has 0 aromatic heterocycles. The van der Waals surface area contributed by atoms with Crippen molar-refractivity contribution in [2.75, 3.05) is 20.7 Å². The largest absolute Gasteiger partial charge is 0.494 e. The maximum Gasteiger partial charge on any atom is 0.240 e. The quantitative estimate of drug-likeness (QED) is 0.595. The van der Waals surface area contributed by atoms with Crippen molar-refractivity contribution in [3.63, 3.8) is 0 Å². The molecule has 3 aromatic rings. The Balaban J connectivity index is 1.56. The van der Waals surface area contributed by atoms with E-state index in [9.17, 15) is 17.6 Å². The average Bonchev–Trinajstić information content (AvgIpc) is 2.73. The highest BCUT2D eigenvalue weighted by atomic mass is 32.2. The summed E-state index contributed by atoms with van der Waals surface area (Å²) in [7, 11) is -0.762. The first kappa shape index (κ1) is 21.7. The summed E-state index contributed by atoms with van der Waals surface area (Å²) in [5, 5.41) is 1.77. The fourth-order valence-corrected chi connectivity index (χ4v) is 4.14. The molecule has 158 valence electrons. The topological polar surface area (TPSA) is 75.7 Å². The van der Waals surface area contributed by atoms with Crippen LogP contribution in [-0.4, -0.2) is 39.9 Å². The molecule has 0 unspecified atom stereocenters. The van der Waals surface area contributed by atoms with E-state index in [1.807, 2.05) is 24.3 Å². The lowest BCUT2D eigenvalue weighted by molar-refractivity contribution is -0.130. The summed E-state index contributed by atoms with van der Waals surface area (Å²) in [6.07, 6.45) is -0.0120. The highest BCUT2D eigenvalue weighted by Gasteiger charge is 2.16. The van der Waals surface area contributed by atoms with Crippen molar-refractivity contribution >= 4 is 26.7 Å². The van der Waals surface area contributed by atoms with E-state index in [-0.39, 0.29) is 36.1 Å². The average molecular weight is 431 g/mol. The second kappa shape index (κ2) is 9.23. The number of amides is 1. The minimum atomic E-state index is -3.73. The second-order valence-corrected chi connectivity index (χ2v) is 8.64. The maximum atomic E-state index is 13.8. The van der Waals surface area contributed by atoms with E-state index in [0.29, 0.717) is 5.56 Å². The van der Waals surface area contributed by atoms with Gasteiger partial charge in [0.2, 0.25) is 15.9 Å². The first-order chi connectivity index (χ1) is 14.3. The monoisotopic (exact) mass is 430 g/mol. The Labute approximate surface area is 175 Å². The van der Waals surface area contributed by atoms with Gasteiger partial charge in [-0.15, -0.1) is 0 Å². The van der Waals surface area contributed by atoms with Gasteiger partial charge in [0.25, 0.3) is 0 Å². The number of sulfonamides is 1. The molecule has 0 heterocycles. The summed E-state index contributed by atoms with van der Waals surface area (Å²) in [6.45, 7) is 0.173. The molecule has 1 N–H and O–H groups in total. The fraction of sp³-hybridized carbons (Fsp3) is 0.227. The maximum absolute atomic E-state index is 13.8. The lowest BCUT2D eigenvalue weighted by Crippen LogP contribution is -2.32. The molecule has 0 saturated carbocycles. The normalized spacial score (nSPS) is 11.4. The number of hydrogen-bond acceptors (Lipinski definition) is 4. The molecule has 0 fully saturated rings. The van der Waals surface area contributed by atoms with Gasteiger partial charge in [-0.1, -0.05) is 36.4 Å². The zero-order valence-corrected chi connectivity index (χ0v) is 17.6. The van der Waals surface area contributed by atoms with Crippen molar-refractivity contribution in [3.05, 3.63) is 72.0 Å². The highest BCUT2D eigenvalue weighted by molar-refractivity contribution is 7.89. The van der Waals surface area contributed by atoms with Crippen molar-refractivity contribution in [1.82, 2.24) is 9.62 Å². The Morgan fingerprint density at radius 3 is 2.50 bits per heavy atom. The molecular weight excluding hydrogens is 407 g/mol. The molecule has 6 nitrogen and oxygen atoms in total. The van der Waals surface area contributed by atoms with Gasteiger partial charge in [-0.2, -0.15) is 0 Å². The summed E-state index contributed by atoms with van der Waals surface area (Å²) < 4.78 is 46.2. The fourth-order valence-electron chi connectivity index (χ4n) is 3.07. The molecule has 0 spiro atoms. The molecule has 0 radical (unpaired) electrons. The van der Waals surface area contributed by atoms with Gasteiger partial charge in [-0.3, -0.25) is 4.79 Å². The summed E-state index contributed by atoms with van der Waals surface area (Å²) in [5.41, 5.74) is 0.612. The van der Waals surface area contributed by atoms with Crippen molar-refractivity contribution < 1.29 is 22.3 Å². The number of nitrogens with one attached hydrogen (secondary N) is 1. The Morgan fingerprint density at radius 2 is 1.80 bits per heavy atom. The number of methoxy groups -OCH3 is 1. The number of halogens is 1. The smallest absolute Gasteiger partial charge is 0.240 e. The number of nitrogens with zero attached hydrogens (tertiary/aromatic N) is 1. The summed E-state index contributed by atoms with van der Waals surface area (Å²) >= 11 is 0. The van der Waals surface area contributed by atoms with Crippen LogP contribution in [0.3, 0.4) is 0 Å². The molecule has 0 atom stereocenters. The van der Waals surface area contributed by atoms with Gasteiger partial charge in [0.05, 0.1) is 12.0 Å². The van der Waals surface area contributed by atoms with Crippen LogP contribution in [0.4, 0.5) is 4.39 Å². The van der Waals surface area contributed by atoms with Crippen LogP contribution in [-0.2, 0) is 21.4 Å². The molecular formula is C22H23FN2O4S. The van der Waals surface area contributed by atoms with Gasteiger partial charge in [0, 0.05) is 26.6 Å². The first-order valence-electron chi connectivity index (χ1n) is 9.35. The van der Waals surface area contributed by atoms with E-state index < -0.39 is 15.8 Å². The molecule has 30 heavy (non-hydrogen) atoms. The van der Waals surface area contributed by atoms with Crippen LogP contribution < -0.4 is 9.46 Å². The number of carbonyl (C=O) groups excluding carboxylic acids is 1. The molecule has 1 amide bonds. The Morgan fingerprint density at radius 1 is 1.07 bits per heavy atom. The van der Waals surface area contributed by atoms with Crippen LogP contribution in [0.25, 0.3) is 10.8 Å². The van der Waals surface area contributed by atoms with Gasteiger partial charge in [0.1, 0.15) is 0 Å². The molecule has 3 aromatic carbocycles. The van der Waals surface area contributed by atoms with Crippen molar-refractivity contribution in [2.45, 2.75) is 17.9 Å². The minimum absolute atomic E-state index is 0.0120. The zero-order valence-electron chi connectivity index (χ0n) is 16.8. The third-order valence-electron chi connectivity index (χ3n) is 4.72. The van der Waals surface area contributed by atoms with Crippen molar-refractivity contribution in [3.8, 4) is 5.75 Å². The third kappa shape index (κ3) is 5.14. The predicted octanol–water partition coefficient (Wildman–Crippen LogP) is 3.31. The highest BCUT2D eigenvalue weighted by Crippen LogP contribution is 2.20. The molecule has 3 rings (SSSR count). The van der Waals surface area contributed by atoms with Crippen LogP contribution in [0.1, 0.15) is 12.0 Å². The predicted molar refractivity (Wildman–Crippen MR) is 113 cm³/mol. The van der Waals surface area contributed by atoms with Gasteiger partial charge in [-0.05, 0) is 40.6 Å². The van der Waals surface area contributed by atoms with Crippen LogP contribution in [0.5, 0.6) is 5.75 Å². The van der Waals surface area contributed by atoms with Gasteiger partial charge in [0.15, 0.2) is 11.6 Å². The number of benzene rings is 3. The van der Waals surface area contributed by atoms with Crippen LogP contribution in [0.2, 0.25) is 0 Å². The number of ether oxygens (including phenoxy) is 1. The second-order valence-electron chi connectivity index (χ2n) is 6.88. The molecule has 0 aliphatic carbocycles. The number of rotatable bonds is 8. The minimum Gasteiger partial charge on any atom is -0.494 e. The van der Waals surface area contributed by atoms with E-state index in [1.54, 1.807) is 25.2 Å². The van der Waals surface area contributed by atoms with E-state index in [1.165, 1.54) is 30.2 Å². The third-order valence-corrected chi connectivity index (χ3v) is 6.18. The number of hydrogen-bond donors (Lipinski definition) is 1. The lowest BCUT2D eigenvalue weighted by Gasteiger charge is -2.18. The van der Waals surface area contributed by atoms with Gasteiger partial charge >= 0.3 is 0 Å². The Kier molecular flexibility index (Phi) is 6.69. The Bertz CT molecular complexity index is 1160. The van der Waals surface area contributed by atoms with Gasteiger partial charge < -0.3 is 9.64 Å². The van der Waals surface area contributed by atoms with Crippen LogP contribution in [0.15, 0.2) is 65.6 Å². The molecule has 8 heteroatoms. The molecule has 0 aliphatic rings. The molecule has 0 aliphatic heterocycles. The Hall–Kier alpha value is -2.97. The standard InChI is InChI=1S/C22H23FN2O4S/c1-25(15-16-7-10-21(29-2)20(23)13-16)22(26)11-12-24-30(27,28)19-9-8-17-5-3-4-6-18(17)14-19/h3-10,13-14,24H,11-12,15H2,1-2H3. The summed E-state index contributed by atoms with van der Waals surface area (Å²) in [4.78, 5) is 13.9. The van der Waals surface area contributed by atoms with E-state index in [4.69, 9.17) is 4.74 Å². The van der Waals surface area contributed by atoms with Crippen LogP contribution in [0, 0.1) is 5.82 Å². The van der Waals surface area contributed by atoms with E-state index in [2.05, 4.69) is 4.72 Å². The van der Waals surface area contributed by atoms with Crippen molar-refractivity contribution in [2.24, 2.45) is 0 Å². The lowest BCUT2D eigenvalue weighted by atomic mass is 10.1. The first-order valence-corrected chi connectivity index (χ1v) is 10.8. The van der Waals surface area contributed by atoms with E-state index in [0.717, 1.165) is 10.8 Å². The van der Waals surface area contributed by atoms with E-state index >= 15 is 0 Å². The number of fused-ring (bicyclic) bond motifs is 1. The van der Waals surface area contributed by atoms with Gasteiger partial charge in [-0.25, -0.2) is 17.5 Å². The zero-order chi connectivity index (χ0) is 21.7.